The van der Waals surface area contributed by atoms with Gasteiger partial charge < -0.3 is 20.6 Å². The topological polar surface area (TPSA) is 131 Å². The fraction of sp³-hybridized carbons (Fsp3) is 0.333. The monoisotopic (exact) mass is 446 g/mol. The third kappa shape index (κ3) is 3.75. The molecular weight excluding hydrogens is 424 g/mol. The van der Waals surface area contributed by atoms with Crippen molar-refractivity contribution in [2.75, 3.05) is 12.8 Å². The van der Waals surface area contributed by atoms with Crippen LogP contribution in [0.25, 0.3) is 27.8 Å². The molecule has 5 rings (SSSR count). The molecular formula is C21H22CaN6O3. The van der Waals surface area contributed by atoms with Gasteiger partial charge in [-0.1, -0.05) is 12.1 Å². The predicted molar refractivity (Wildman–Crippen MR) is 117 cm³/mol. The van der Waals surface area contributed by atoms with Crippen molar-refractivity contribution in [3.63, 3.8) is 0 Å². The number of nitrogens with two attached hydrogens (primary N) is 1. The summed E-state index contributed by atoms with van der Waals surface area (Å²) in [5.74, 6) is 1.01. The minimum absolute atomic E-state index is 0. The van der Waals surface area contributed by atoms with Gasteiger partial charge in [0.1, 0.15) is 29.1 Å². The molecule has 0 spiro atoms. The van der Waals surface area contributed by atoms with Crippen LogP contribution in [-0.4, -0.2) is 80.5 Å². The van der Waals surface area contributed by atoms with E-state index in [9.17, 15) is 9.90 Å². The number of methoxy groups -OCH3 is 1. The number of imidazole rings is 1. The second-order valence-corrected chi connectivity index (χ2v) is 7.72. The zero-order valence-electron chi connectivity index (χ0n) is 17.2. The molecule has 1 aliphatic carbocycles. The number of para-hydroxylation sites is 1. The number of fused-ring (bicyclic) bond motifs is 2. The van der Waals surface area contributed by atoms with Crippen LogP contribution in [0, 0.1) is 5.92 Å². The van der Waals surface area contributed by atoms with Crippen LogP contribution in [0.5, 0.6) is 5.75 Å². The number of nitrogens with one attached hydrogen (secondary N) is 1. The Hall–Kier alpha value is -2.36. The molecule has 1 aliphatic rings. The maximum atomic E-state index is 11.3. The molecule has 0 bridgehead atoms. The third-order valence-corrected chi connectivity index (χ3v) is 6.02. The maximum absolute atomic E-state index is 11.3. The van der Waals surface area contributed by atoms with Crippen molar-refractivity contribution >= 4 is 65.9 Å². The molecule has 0 unspecified atom stereocenters. The van der Waals surface area contributed by atoms with E-state index >= 15 is 0 Å². The zero-order chi connectivity index (χ0) is 20.8. The number of hydrogen-bond donors (Lipinski definition) is 3. The van der Waals surface area contributed by atoms with E-state index in [1.165, 1.54) is 6.33 Å². The molecule has 3 heterocycles. The zero-order valence-corrected chi connectivity index (χ0v) is 19.4. The number of aromatic nitrogens is 5. The van der Waals surface area contributed by atoms with Crippen LogP contribution in [0.15, 0.2) is 30.6 Å². The average molecular weight is 447 g/mol. The number of ether oxygens (including phenoxy) is 1. The van der Waals surface area contributed by atoms with E-state index in [1.807, 2.05) is 24.3 Å². The van der Waals surface area contributed by atoms with Crippen molar-refractivity contribution in [2.24, 2.45) is 5.92 Å². The number of aromatic amines is 1. The van der Waals surface area contributed by atoms with Gasteiger partial charge in [-0.2, -0.15) is 5.10 Å². The van der Waals surface area contributed by atoms with E-state index in [2.05, 4.69) is 15.1 Å². The average Bonchev–Trinajstić information content (AvgIpc) is 3.36. The van der Waals surface area contributed by atoms with Gasteiger partial charge in [0.2, 0.25) is 0 Å². The Bertz CT molecular complexity index is 1260. The fourth-order valence-corrected chi connectivity index (χ4v) is 4.45. The van der Waals surface area contributed by atoms with Gasteiger partial charge in [0, 0.05) is 49.0 Å². The number of carbonyl (C=O) groups is 1. The van der Waals surface area contributed by atoms with Gasteiger partial charge in [0.05, 0.1) is 24.2 Å². The van der Waals surface area contributed by atoms with Crippen molar-refractivity contribution in [3.05, 3.63) is 36.4 Å². The molecule has 1 fully saturated rings. The molecule has 10 heteroatoms. The van der Waals surface area contributed by atoms with Crippen LogP contribution in [0.1, 0.15) is 37.4 Å². The summed E-state index contributed by atoms with van der Waals surface area (Å²) in [5.41, 5.74) is 9.24. The summed E-state index contributed by atoms with van der Waals surface area (Å²) in [7, 11) is 1.64. The first-order valence-electron chi connectivity index (χ1n) is 9.94. The number of hydrogen-bond acceptors (Lipinski definition) is 6. The molecule has 1 saturated carbocycles. The molecule has 3 aromatic heterocycles. The molecule has 0 aliphatic heterocycles. The van der Waals surface area contributed by atoms with Gasteiger partial charge in [0.25, 0.3) is 0 Å². The summed E-state index contributed by atoms with van der Waals surface area (Å²) < 4.78 is 7.22. The summed E-state index contributed by atoms with van der Waals surface area (Å²) in [6, 6.07) is 7.85. The van der Waals surface area contributed by atoms with Gasteiger partial charge >= 0.3 is 5.97 Å². The van der Waals surface area contributed by atoms with Crippen molar-refractivity contribution in [2.45, 2.75) is 31.6 Å². The third-order valence-electron chi connectivity index (χ3n) is 6.02. The Kier molecular flexibility index (Phi) is 6.09. The van der Waals surface area contributed by atoms with Gasteiger partial charge in [0.15, 0.2) is 5.82 Å². The normalized spacial score (nSPS) is 18.7. The standard InChI is InChI=1S/C21H22N6O3.Ca/c1-30-15-4-2-3-13-9-14(25-16(13)15)17-18-19(22)23-10-24-27(18)20(26-17)11-5-7-12(8-6-11)21(28)29;/h2-4,9-12,25H,5-8H2,1H3,(H,28,29)(H2,22,23,24);. The largest absolute Gasteiger partial charge is 0.495 e. The summed E-state index contributed by atoms with van der Waals surface area (Å²) >= 11 is 0. The van der Waals surface area contributed by atoms with Gasteiger partial charge in [-0.25, -0.2) is 14.5 Å². The molecule has 4 aromatic rings. The van der Waals surface area contributed by atoms with Crippen LogP contribution in [0.2, 0.25) is 0 Å². The quantitative estimate of drug-likeness (QED) is 0.411. The smallest absolute Gasteiger partial charge is 0.306 e. The number of nitrogens with zero attached hydrogens (tertiary/aromatic N) is 4. The molecule has 156 valence electrons. The summed E-state index contributed by atoms with van der Waals surface area (Å²) in [4.78, 5) is 23.8. The van der Waals surface area contributed by atoms with Crippen LogP contribution in [-0.2, 0) is 4.79 Å². The fourth-order valence-electron chi connectivity index (χ4n) is 4.45. The van der Waals surface area contributed by atoms with E-state index in [1.54, 1.807) is 11.6 Å². The van der Waals surface area contributed by atoms with Gasteiger partial charge in [-0.3, -0.25) is 4.79 Å². The molecule has 0 amide bonds. The number of aliphatic carboxylic acids is 1. The molecule has 0 saturated heterocycles. The van der Waals surface area contributed by atoms with Gasteiger partial charge in [-0.15, -0.1) is 0 Å². The minimum Gasteiger partial charge on any atom is -0.495 e. The number of anilines is 1. The van der Waals surface area contributed by atoms with Gasteiger partial charge in [-0.05, 0) is 37.8 Å². The molecule has 0 atom stereocenters. The van der Waals surface area contributed by atoms with Crippen molar-refractivity contribution in [3.8, 4) is 17.1 Å². The number of H-pyrrole nitrogens is 1. The minimum atomic E-state index is -0.722. The van der Waals surface area contributed by atoms with Crippen LogP contribution in [0.4, 0.5) is 5.82 Å². The first-order chi connectivity index (χ1) is 14.6. The van der Waals surface area contributed by atoms with Crippen molar-refractivity contribution in [1.29, 1.82) is 0 Å². The maximum Gasteiger partial charge on any atom is 0.306 e. The predicted octanol–water partition coefficient (Wildman–Crippen LogP) is 2.84. The number of carboxylic acids is 1. The van der Waals surface area contributed by atoms with E-state index in [-0.39, 0.29) is 49.6 Å². The van der Waals surface area contributed by atoms with Crippen molar-refractivity contribution < 1.29 is 14.6 Å². The Morgan fingerprint density at radius 3 is 2.77 bits per heavy atom. The molecule has 4 N–H and O–H groups in total. The first-order valence-corrected chi connectivity index (χ1v) is 9.94. The van der Waals surface area contributed by atoms with E-state index < -0.39 is 5.97 Å². The van der Waals surface area contributed by atoms with Crippen LogP contribution >= 0.6 is 0 Å². The number of rotatable bonds is 4. The number of benzene rings is 1. The summed E-state index contributed by atoms with van der Waals surface area (Å²) in [6.45, 7) is 0. The molecule has 1 aromatic carbocycles. The number of carboxylic acid groups (broad SMARTS) is 1. The second-order valence-electron chi connectivity index (χ2n) is 7.72. The molecule has 9 nitrogen and oxygen atoms in total. The Morgan fingerprint density at radius 1 is 1.29 bits per heavy atom. The van der Waals surface area contributed by atoms with Crippen LogP contribution < -0.4 is 10.5 Å². The summed E-state index contributed by atoms with van der Waals surface area (Å²) in [6.07, 6.45) is 4.19. The molecule has 31 heavy (non-hydrogen) atoms. The van der Waals surface area contributed by atoms with E-state index in [0.29, 0.717) is 29.9 Å². The second kappa shape index (κ2) is 8.64. The summed E-state index contributed by atoms with van der Waals surface area (Å²) in [5, 5.41) is 14.7. The van der Waals surface area contributed by atoms with Crippen molar-refractivity contribution in [1.82, 2.24) is 24.6 Å². The van der Waals surface area contributed by atoms with Crippen LogP contribution in [0.3, 0.4) is 0 Å². The Balaban J connectivity index is 0.00000231. The Morgan fingerprint density at radius 2 is 2.06 bits per heavy atom. The van der Waals surface area contributed by atoms with E-state index in [4.69, 9.17) is 15.5 Å². The Labute approximate surface area is 208 Å². The SMILES string of the molecule is COc1cccc2cc(-c3nc(C4CCC(C(=O)O)CC4)n4ncnc(N)c34)[nH]c12.[Ca]. The number of nitrogen functional groups attached to an aromatic ring is 1. The molecule has 2 radical (unpaired) electrons. The first kappa shape index (κ1) is 21.9. The van der Waals surface area contributed by atoms with E-state index in [0.717, 1.165) is 41.0 Å².